The summed E-state index contributed by atoms with van der Waals surface area (Å²) < 4.78 is 0. The van der Waals surface area contributed by atoms with Crippen LogP contribution in [0.4, 0.5) is 16.2 Å². The summed E-state index contributed by atoms with van der Waals surface area (Å²) >= 11 is 0. The van der Waals surface area contributed by atoms with Gasteiger partial charge in [0.1, 0.15) is 0 Å². The fourth-order valence-electron chi connectivity index (χ4n) is 2.56. The van der Waals surface area contributed by atoms with E-state index >= 15 is 0 Å². The lowest BCUT2D eigenvalue weighted by atomic mass is 10.1. The van der Waals surface area contributed by atoms with E-state index in [9.17, 15) is 14.7 Å². The first kappa shape index (κ1) is 20.4. The molecule has 0 saturated heterocycles. The lowest BCUT2D eigenvalue weighted by Crippen LogP contribution is -2.34. The molecule has 1 atom stereocenters. The molecule has 2 rings (SSSR count). The quantitative estimate of drug-likeness (QED) is 0.602. The van der Waals surface area contributed by atoms with Gasteiger partial charge in [0.05, 0.1) is 19.2 Å². The largest absolute Gasteiger partial charge is 0.394 e. The smallest absolute Gasteiger partial charge is 0.319 e. The molecular formula is C20H26N4O3. The molecule has 0 radical (unpaired) electrons. The van der Waals surface area contributed by atoms with E-state index in [0.29, 0.717) is 11.4 Å². The highest BCUT2D eigenvalue weighted by Crippen LogP contribution is 2.20. The topological polar surface area (TPSA) is 93.7 Å². The van der Waals surface area contributed by atoms with Crippen molar-refractivity contribution in [2.45, 2.75) is 13.0 Å². The first-order valence-corrected chi connectivity index (χ1v) is 8.67. The fourth-order valence-corrected chi connectivity index (χ4v) is 2.56. The summed E-state index contributed by atoms with van der Waals surface area (Å²) in [5.74, 6) is -0.130. The van der Waals surface area contributed by atoms with Crippen LogP contribution in [0, 0.1) is 6.92 Å². The number of carbonyl (C=O) groups excluding carboxylic acids is 2. The number of aliphatic hydroxyl groups is 1. The van der Waals surface area contributed by atoms with Crippen molar-refractivity contribution in [3.8, 4) is 0 Å². The van der Waals surface area contributed by atoms with Crippen molar-refractivity contribution < 1.29 is 14.7 Å². The van der Waals surface area contributed by atoms with Gasteiger partial charge < -0.3 is 26.0 Å². The van der Waals surface area contributed by atoms with Gasteiger partial charge in [-0.1, -0.05) is 36.4 Å². The molecule has 0 aromatic heterocycles. The van der Waals surface area contributed by atoms with Crippen LogP contribution < -0.4 is 16.0 Å². The van der Waals surface area contributed by atoms with Gasteiger partial charge in [0, 0.05) is 11.4 Å². The van der Waals surface area contributed by atoms with Gasteiger partial charge >= 0.3 is 6.03 Å². The molecule has 4 N–H and O–H groups in total. The van der Waals surface area contributed by atoms with E-state index in [1.807, 2.05) is 57.4 Å². The number of aryl methyl sites for hydroxylation is 1. The minimum Gasteiger partial charge on any atom is -0.394 e. The molecule has 2 aromatic carbocycles. The zero-order valence-electron chi connectivity index (χ0n) is 15.8. The van der Waals surface area contributed by atoms with E-state index in [1.165, 1.54) is 0 Å². The van der Waals surface area contributed by atoms with E-state index in [2.05, 4.69) is 16.0 Å². The van der Waals surface area contributed by atoms with Crippen molar-refractivity contribution in [3.05, 3.63) is 59.7 Å². The van der Waals surface area contributed by atoms with Crippen LogP contribution in [0.2, 0.25) is 0 Å². The van der Waals surface area contributed by atoms with Gasteiger partial charge in [-0.25, -0.2) is 4.79 Å². The van der Waals surface area contributed by atoms with Gasteiger partial charge in [-0.2, -0.15) is 0 Å². The second-order valence-corrected chi connectivity index (χ2v) is 6.56. The van der Waals surface area contributed by atoms with Crippen LogP contribution in [0.15, 0.2) is 48.5 Å². The minimum absolute atomic E-state index is 0.130. The van der Waals surface area contributed by atoms with E-state index in [-0.39, 0.29) is 19.1 Å². The highest BCUT2D eigenvalue weighted by atomic mass is 16.3. The van der Waals surface area contributed by atoms with Gasteiger partial charge in [-0.3, -0.25) is 4.79 Å². The molecule has 0 heterocycles. The second-order valence-electron chi connectivity index (χ2n) is 6.56. The van der Waals surface area contributed by atoms with Gasteiger partial charge in [-0.15, -0.1) is 0 Å². The van der Waals surface area contributed by atoms with E-state index < -0.39 is 12.1 Å². The number of amides is 3. The maximum Gasteiger partial charge on any atom is 0.319 e. The van der Waals surface area contributed by atoms with Crippen LogP contribution in [0.5, 0.6) is 0 Å². The molecule has 0 bridgehead atoms. The highest BCUT2D eigenvalue weighted by molar-refractivity contribution is 5.95. The van der Waals surface area contributed by atoms with Crippen molar-refractivity contribution in [1.82, 2.24) is 10.2 Å². The van der Waals surface area contributed by atoms with Gasteiger partial charge in [0.25, 0.3) is 0 Å². The number of nitrogens with zero attached hydrogens (tertiary/aromatic N) is 1. The van der Waals surface area contributed by atoms with Crippen LogP contribution in [0.3, 0.4) is 0 Å². The summed E-state index contributed by atoms with van der Waals surface area (Å²) in [6.07, 6.45) is 0. The van der Waals surface area contributed by atoms with Gasteiger partial charge in [0.15, 0.2) is 0 Å². The average Bonchev–Trinajstić information content (AvgIpc) is 2.62. The number of anilines is 2. The first-order valence-electron chi connectivity index (χ1n) is 8.67. The zero-order chi connectivity index (χ0) is 19.8. The summed E-state index contributed by atoms with van der Waals surface area (Å²) in [7, 11) is 3.64. The lowest BCUT2D eigenvalue weighted by Gasteiger charge is -2.18. The zero-order valence-corrected chi connectivity index (χ0v) is 15.8. The van der Waals surface area contributed by atoms with Gasteiger partial charge in [-0.05, 0) is 44.3 Å². The van der Waals surface area contributed by atoms with E-state index in [1.54, 1.807) is 17.0 Å². The SMILES string of the molecule is Cc1ccc(NC(=O)N[C@H](CO)c2ccccc2)cc1NC(=O)CN(C)C. The Morgan fingerprint density at radius 2 is 1.78 bits per heavy atom. The molecule has 7 heteroatoms. The Bertz CT molecular complexity index is 778. The van der Waals surface area contributed by atoms with Crippen LogP contribution in [-0.4, -0.2) is 49.2 Å². The summed E-state index contributed by atoms with van der Waals surface area (Å²) in [5.41, 5.74) is 2.89. The van der Waals surface area contributed by atoms with E-state index in [0.717, 1.165) is 11.1 Å². The van der Waals surface area contributed by atoms with Crippen molar-refractivity contribution in [1.29, 1.82) is 0 Å². The molecule has 0 saturated carbocycles. The third kappa shape index (κ3) is 6.40. The second kappa shape index (κ2) is 9.70. The Hall–Kier alpha value is -2.90. The molecule has 0 aliphatic heterocycles. The number of likely N-dealkylation sites (N-methyl/N-ethyl adjacent to an activating group) is 1. The number of benzene rings is 2. The van der Waals surface area contributed by atoms with Crippen molar-refractivity contribution in [2.75, 3.05) is 37.9 Å². The molecule has 0 fully saturated rings. The van der Waals surface area contributed by atoms with Gasteiger partial charge in [0.2, 0.25) is 5.91 Å². The molecule has 0 spiro atoms. The van der Waals surface area contributed by atoms with E-state index in [4.69, 9.17) is 0 Å². The predicted octanol–water partition coefficient (Wildman–Crippen LogP) is 2.35. The number of rotatable bonds is 7. The monoisotopic (exact) mass is 370 g/mol. The molecule has 2 aromatic rings. The lowest BCUT2D eigenvalue weighted by molar-refractivity contribution is -0.116. The number of aliphatic hydroxyl groups excluding tert-OH is 1. The molecule has 7 nitrogen and oxygen atoms in total. The fraction of sp³-hybridized carbons (Fsp3) is 0.300. The predicted molar refractivity (Wildman–Crippen MR) is 107 cm³/mol. The van der Waals surface area contributed by atoms with Crippen LogP contribution in [0.25, 0.3) is 0 Å². The Labute approximate surface area is 159 Å². The summed E-state index contributed by atoms with van der Waals surface area (Å²) in [4.78, 5) is 26.0. The molecule has 0 aliphatic rings. The summed E-state index contributed by atoms with van der Waals surface area (Å²) in [6.45, 7) is 1.94. The Balaban J connectivity index is 2.02. The number of nitrogens with one attached hydrogen (secondary N) is 3. The molecule has 0 unspecified atom stereocenters. The molecule has 0 aliphatic carbocycles. The Morgan fingerprint density at radius 3 is 2.41 bits per heavy atom. The standard InChI is InChI=1S/C20H26N4O3/c1-14-9-10-16(11-17(14)22-19(26)12-24(2)3)21-20(27)23-18(13-25)15-7-5-4-6-8-15/h4-11,18,25H,12-13H2,1-3H3,(H,22,26)(H2,21,23,27)/t18-/m1/s1. The number of hydrogen-bond acceptors (Lipinski definition) is 4. The summed E-state index contributed by atoms with van der Waals surface area (Å²) in [6, 6.07) is 13.6. The maximum absolute atomic E-state index is 12.3. The van der Waals surface area contributed by atoms with Crippen LogP contribution in [-0.2, 0) is 4.79 Å². The molecule has 144 valence electrons. The average molecular weight is 370 g/mol. The van der Waals surface area contributed by atoms with Crippen molar-refractivity contribution >= 4 is 23.3 Å². The molecular weight excluding hydrogens is 344 g/mol. The molecule has 3 amide bonds. The maximum atomic E-state index is 12.3. The van der Waals surface area contributed by atoms with Crippen molar-refractivity contribution in [3.63, 3.8) is 0 Å². The summed E-state index contributed by atoms with van der Waals surface area (Å²) in [5, 5.41) is 17.9. The number of hydrogen-bond donors (Lipinski definition) is 4. The normalized spacial score (nSPS) is 11.7. The van der Waals surface area contributed by atoms with Crippen molar-refractivity contribution in [2.24, 2.45) is 0 Å². The van der Waals surface area contributed by atoms with Crippen LogP contribution >= 0.6 is 0 Å². The third-order valence-electron chi connectivity index (χ3n) is 3.92. The Morgan fingerprint density at radius 1 is 1.07 bits per heavy atom. The highest BCUT2D eigenvalue weighted by Gasteiger charge is 2.14. The first-order chi connectivity index (χ1) is 12.9. The van der Waals surface area contributed by atoms with Crippen LogP contribution in [0.1, 0.15) is 17.2 Å². The minimum atomic E-state index is -0.504. The number of urea groups is 1. The third-order valence-corrected chi connectivity index (χ3v) is 3.92. The number of carbonyl (C=O) groups is 2. The Kier molecular flexibility index (Phi) is 7.34. The molecule has 27 heavy (non-hydrogen) atoms.